The summed E-state index contributed by atoms with van der Waals surface area (Å²) in [6.07, 6.45) is 3.84. The highest BCUT2D eigenvalue weighted by Gasteiger charge is 2.34. The van der Waals surface area contributed by atoms with Gasteiger partial charge in [0.15, 0.2) is 0 Å². The average Bonchev–Trinajstić information content (AvgIpc) is 2.89. The van der Waals surface area contributed by atoms with Crippen molar-refractivity contribution >= 4 is 21.6 Å². The highest BCUT2D eigenvalue weighted by molar-refractivity contribution is 7.88. The van der Waals surface area contributed by atoms with Crippen molar-refractivity contribution < 1.29 is 13.5 Å². The first-order valence-electron chi connectivity index (χ1n) is 6.78. The van der Waals surface area contributed by atoms with Crippen LogP contribution in [0.5, 0.6) is 0 Å². The van der Waals surface area contributed by atoms with Crippen molar-refractivity contribution in [1.82, 2.24) is 4.72 Å². The first-order valence-corrected chi connectivity index (χ1v) is 8.81. The molecule has 1 aromatic carbocycles. The molecule has 0 amide bonds. The van der Waals surface area contributed by atoms with Crippen LogP contribution in [0.25, 0.3) is 0 Å². The second kappa shape index (κ2) is 6.43. The van der Waals surface area contributed by atoms with Gasteiger partial charge in [-0.15, -0.1) is 0 Å². The number of sulfonamides is 1. The average molecular weight is 318 g/mol. The van der Waals surface area contributed by atoms with Crippen molar-refractivity contribution in [3.05, 3.63) is 34.9 Å². The normalized spacial score (nSPS) is 18.3. The molecule has 1 aromatic rings. The van der Waals surface area contributed by atoms with Crippen molar-refractivity contribution in [1.29, 1.82) is 0 Å². The molecule has 20 heavy (non-hydrogen) atoms. The van der Waals surface area contributed by atoms with Crippen LogP contribution in [0.15, 0.2) is 24.3 Å². The lowest BCUT2D eigenvalue weighted by molar-refractivity contribution is 0.134. The van der Waals surface area contributed by atoms with Gasteiger partial charge in [-0.05, 0) is 24.5 Å². The molecule has 2 rings (SSSR count). The fourth-order valence-electron chi connectivity index (χ4n) is 2.65. The number of aliphatic hydroxyl groups excluding tert-OH is 1. The SMILES string of the molecule is O=S(=O)(Cc1ccccc1Cl)NCC1(CO)CCCC1. The van der Waals surface area contributed by atoms with Crippen molar-refractivity contribution in [3.8, 4) is 0 Å². The van der Waals surface area contributed by atoms with Crippen molar-refractivity contribution in [3.63, 3.8) is 0 Å². The maximum absolute atomic E-state index is 12.1. The molecule has 6 heteroatoms. The Labute approximate surface area is 125 Å². The molecule has 1 fully saturated rings. The van der Waals surface area contributed by atoms with Gasteiger partial charge in [0.25, 0.3) is 0 Å². The van der Waals surface area contributed by atoms with Gasteiger partial charge in [-0.25, -0.2) is 13.1 Å². The molecule has 1 aliphatic rings. The molecule has 0 saturated heterocycles. The van der Waals surface area contributed by atoms with Crippen molar-refractivity contribution in [2.75, 3.05) is 13.2 Å². The third kappa shape index (κ3) is 3.95. The van der Waals surface area contributed by atoms with Gasteiger partial charge >= 0.3 is 0 Å². The largest absolute Gasteiger partial charge is 0.396 e. The first kappa shape index (κ1) is 15.8. The molecule has 0 aliphatic heterocycles. The summed E-state index contributed by atoms with van der Waals surface area (Å²) in [6.45, 7) is 0.331. The van der Waals surface area contributed by atoms with Gasteiger partial charge in [0.05, 0.1) is 5.75 Å². The number of hydrogen-bond acceptors (Lipinski definition) is 3. The summed E-state index contributed by atoms with van der Waals surface area (Å²) >= 11 is 5.98. The van der Waals surface area contributed by atoms with E-state index in [1.165, 1.54) is 0 Å². The standard InChI is InChI=1S/C14H20ClNO3S/c15-13-6-2-1-5-12(13)9-20(18,19)16-10-14(11-17)7-3-4-8-14/h1-2,5-6,16-17H,3-4,7-11H2. The highest BCUT2D eigenvalue weighted by atomic mass is 35.5. The zero-order valence-electron chi connectivity index (χ0n) is 11.3. The van der Waals surface area contributed by atoms with Crippen LogP contribution >= 0.6 is 11.6 Å². The summed E-state index contributed by atoms with van der Waals surface area (Å²) in [4.78, 5) is 0. The van der Waals surface area contributed by atoms with E-state index in [0.717, 1.165) is 25.7 Å². The van der Waals surface area contributed by atoms with Gasteiger partial charge in [-0.3, -0.25) is 0 Å². The Balaban J connectivity index is 1.99. The minimum Gasteiger partial charge on any atom is -0.396 e. The van der Waals surface area contributed by atoms with Gasteiger partial charge in [0.1, 0.15) is 0 Å². The third-order valence-electron chi connectivity index (χ3n) is 3.97. The Kier molecular flexibility index (Phi) is 5.07. The minimum absolute atomic E-state index is 0.0294. The second-order valence-corrected chi connectivity index (χ2v) is 7.75. The van der Waals surface area contributed by atoms with E-state index in [1.807, 2.05) is 0 Å². The predicted octanol–water partition coefficient (Wildman–Crippen LogP) is 2.31. The van der Waals surface area contributed by atoms with Crippen LogP contribution in [0.4, 0.5) is 0 Å². The zero-order chi connectivity index (χ0) is 14.6. The molecule has 0 heterocycles. The van der Waals surface area contributed by atoms with Crippen LogP contribution < -0.4 is 4.72 Å². The van der Waals surface area contributed by atoms with Crippen molar-refractivity contribution in [2.24, 2.45) is 5.41 Å². The van der Waals surface area contributed by atoms with Gasteiger partial charge in [0, 0.05) is 23.6 Å². The molecular formula is C14H20ClNO3S. The minimum atomic E-state index is -3.44. The lowest BCUT2D eigenvalue weighted by atomic mass is 9.88. The van der Waals surface area contributed by atoms with Crippen LogP contribution in [0.3, 0.4) is 0 Å². The third-order valence-corrected chi connectivity index (χ3v) is 5.61. The Morgan fingerprint density at radius 1 is 1.25 bits per heavy atom. The van der Waals surface area contributed by atoms with E-state index < -0.39 is 10.0 Å². The number of halogens is 1. The quantitative estimate of drug-likeness (QED) is 0.846. The number of aliphatic hydroxyl groups is 1. The van der Waals surface area contributed by atoms with Gasteiger partial charge < -0.3 is 5.11 Å². The molecule has 0 spiro atoms. The lowest BCUT2D eigenvalue weighted by Crippen LogP contribution is -2.38. The zero-order valence-corrected chi connectivity index (χ0v) is 12.9. The second-order valence-electron chi connectivity index (χ2n) is 5.54. The molecule has 0 unspecified atom stereocenters. The van der Waals surface area contributed by atoms with Gasteiger partial charge in [-0.1, -0.05) is 42.6 Å². The molecule has 2 N–H and O–H groups in total. The molecule has 4 nitrogen and oxygen atoms in total. The molecule has 0 bridgehead atoms. The summed E-state index contributed by atoms with van der Waals surface area (Å²) in [7, 11) is -3.44. The maximum atomic E-state index is 12.1. The van der Waals surface area contributed by atoms with Crippen LogP contribution in [-0.2, 0) is 15.8 Å². The monoisotopic (exact) mass is 317 g/mol. The van der Waals surface area contributed by atoms with Crippen LogP contribution in [0.2, 0.25) is 5.02 Å². The number of rotatable bonds is 6. The Bertz CT molecular complexity index is 553. The molecule has 0 atom stereocenters. The number of nitrogens with one attached hydrogen (secondary N) is 1. The molecule has 0 aromatic heterocycles. The fraction of sp³-hybridized carbons (Fsp3) is 0.571. The topological polar surface area (TPSA) is 66.4 Å². The van der Waals surface area contributed by atoms with Gasteiger partial charge in [-0.2, -0.15) is 0 Å². The first-order chi connectivity index (χ1) is 9.46. The van der Waals surface area contributed by atoms with Crippen LogP contribution in [-0.4, -0.2) is 26.7 Å². The summed E-state index contributed by atoms with van der Waals surface area (Å²) in [6, 6.07) is 6.92. The molecular weight excluding hydrogens is 298 g/mol. The summed E-state index contributed by atoms with van der Waals surface area (Å²) in [5.74, 6) is -0.131. The van der Waals surface area contributed by atoms with Crippen LogP contribution in [0.1, 0.15) is 31.2 Å². The van der Waals surface area contributed by atoms with Crippen molar-refractivity contribution in [2.45, 2.75) is 31.4 Å². The van der Waals surface area contributed by atoms with E-state index in [0.29, 0.717) is 17.1 Å². The van der Waals surface area contributed by atoms with E-state index in [4.69, 9.17) is 11.6 Å². The Morgan fingerprint density at radius 3 is 2.50 bits per heavy atom. The molecule has 1 aliphatic carbocycles. The van der Waals surface area contributed by atoms with E-state index >= 15 is 0 Å². The van der Waals surface area contributed by atoms with Gasteiger partial charge in [0.2, 0.25) is 10.0 Å². The summed E-state index contributed by atoms with van der Waals surface area (Å²) in [5.41, 5.74) is 0.305. The summed E-state index contributed by atoms with van der Waals surface area (Å²) < 4.78 is 26.9. The Morgan fingerprint density at radius 2 is 1.90 bits per heavy atom. The van der Waals surface area contributed by atoms with E-state index in [-0.39, 0.29) is 17.8 Å². The smallest absolute Gasteiger partial charge is 0.215 e. The predicted molar refractivity (Wildman–Crippen MR) is 80.1 cm³/mol. The maximum Gasteiger partial charge on any atom is 0.215 e. The number of hydrogen-bond donors (Lipinski definition) is 2. The number of benzene rings is 1. The highest BCUT2D eigenvalue weighted by Crippen LogP contribution is 2.37. The van der Waals surface area contributed by atoms with Crippen LogP contribution in [0, 0.1) is 5.41 Å². The molecule has 0 radical (unpaired) electrons. The lowest BCUT2D eigenvalue weighted by Gasteiger charge is -2.26. The Hall–Kier alpha value is -0.620. The summed E-state index contributed by atoms with van der Waals surface area (Å²) in [5, 5.41) is 9.95. The molecule has 112 valence electrons. The fourth-order valence-corrected chi connectivity index (χ4v) is 4.22. The van der Waals surface area contributed by atoms with E-state index in [9.17, 15) is 13.5 Å². The van der Waals surface area contributed by atoms with E-state index in [2.05, 4.69) is 4.72 Å². The van der Waals surface area contributed by atoms with E-state index in [1.54, 1.807) is 24.3 Å². The molecule has 1 saturated carbocycles.